The molecule has 2 nitrogen and oxygen atoms in total. The van der Waals surface area contributed by atoms with Gasteiger partial charge >= 0.3 is 0 Å². The fraction of sp³-hybridized carbons (Fsp3) is 0.400. The van der Waals surface area contributed by atoms with Crippen molar-refractivity contribution in [2.24, 2.45) is 0 Å². The van der Waals surface area contributed by atoms with Gasteiger partial charge in [-0.25, -0.2) is 4.98 Å². The van der Waals surface area contributed by atoms with Gasteiger partial charge in [0, 0.05) is 30.0 Å². The molecule has 1 N–H and O–H groups in total. The Hall–Kier alpha value is -1.19. The van der Waals surface area contributed by atoms with Crippen molar-refractivity contribution in [3.63, 3.8) is 0 Å². The Kier molecular flexibility index (Phi) is 2.96. The van der Waals surface area contributed by atoms with E-state index < -0.39 is 0 Å². The van der Waals surface area contributed by atoms with Crippen LogP contribution in [0, 0.1) is 20.8 Å². The smallest absolute Gasteiger partial charge is 0.123 e. The van der Waals surface area contributed by atoms with Crippen molar-refractivity contribution >= 4 is 11.3 Å². The highest BCUT2D eigenvalue weighted by molar-refractivity contribution is 7.13. The van der Waals surface area contributed by atoms with Crippen LogP contribution in [0.15, 0.2) is 17.5 Å². The molecule has 3 heteroatoms. The normalized spacial score (nSPS) is 15.7. The zero-order chi connectivity index (χ0) is 12.7. The number of hydrogen-bond acceptors (Lipinski definition) is 3. The summed E-state index contributed by atoms with van der Waals surface area (Å²) >= 11 is 1.77. The van der Waals surface area contributed by atoms with Crippen molar-refractivity contribution in [3.8, 4) is 10.6 Å². The first-order valence-electron chi connectivity index (χ1n) is 6.40. The summed E-state index contributed by atoms with van der Waals surface area (Å²) in [4.78, 5) is 4.81. The molecule has 1 aromatic heterocycles. The number of nitrogens with zero attached hydrogens (tertiary/aromatic N) is 1. The molecule has 2 aromatic rings. The molecule has 0 unspecified atom stereocenters. The second kappa shape index (κ2) is 4.48. The molecular weight excluding hydrogens is 240 g/mol. The summed E-state index contributed by atoms with van der Waals surface area (Å²) in [5, 5.41) is 6.68. The van der Waals surface area contributed by atoms with Gasteiger partial charge in [-0.05, 0) is 37.5 Å². The average molecular weight is 258 g/mol. The number of benzene rings is 1. The lowest BCUT2D eigenvalue weighted by molar-refractivity contribution is 0.441. The summed E-state index contributed by atoms with van der Waals surface area (Å²) in [5.41, 5.74) is 6.65. The maximum absolute atomic E-state index is 4.81. The van der Waals surface area contributed by atoms with E-state index in [2.05, 4.69) is 43.6 Å². The molecule has 2 heterocycles. The Morgan fingerprint density at radius 2 is 1.94 bits per heavy atom. The predicted octanol–water partition coefficient (Wildman–Crippen LogP) is 3.42. The highest BCUT2D eigenvalue weighted by Crippen LogP contribution is 2.32. The second-order valence-electron chi connectivity index (χ2n) is 5.11. The van der Waals surface area contributed by atoms with Crippen LogP contribution in [0.3, 0.4) is 0 Å². The first-order chi connectivity index (χ1) is 8.66. The van der Waals surface area contributed by atoms with Crippen molar-refractivity contribution < 1.29 is 0 Å². The fourth-order valence-corrected chi connectivity index (χ4v) is 3.27. The lowest BCUT2D eigenvalue weighted by Gasteiger charge is -2.25. The Balaban J connectivity index is 1.99. The molecule has 1 saturated heterocycles. The van der Waals surface area contributed by atoms with E-state index in [4.69, 9.17) is 4.98 Å². The maximum Gasteiger partial charge on any atom is 0.123 e. The molecule has 0 radical (unpaired) electrons. The molecule has 1 aliphatic heterocycles. The van der Waals surface area contributed by atoms with E-state index in [0.29, 0.717) is 5.92 Å². The Bertz CT molecular complexity index is 582. The number of aromatic nitrogens is 1. The van der Waals surface area contributed by atoms with E-state index in [1.54, 1.807) is 11.3 Å². The molecular formula is C15H18N2S. The van der Waals surface area contributed by atoms with Gasteiger partial charge < -0.3 is 5.32 Å². The van der Waals surface area contributed by atoms with Gasteiger partial charge in [0.1, 0.15) is 5.01 Å². The van der Waals surface area contributed by atoms with E-state index in [9.17, 15) is 0 Å². The predicted molar refractivity (Wildman–Crippen MR) is 77.4 cm³/mol. The van der Waals surface area contributed by atoms with Crippen LogP contribution >= 0.6 is 11.3 Å². The van der Waals surface area contributed by atoms with E-state index in [0.717, 1.165) is 18.1 Å². The third-order valence-corrected chi connectivity index (χ3v) is 4.90. The quantitative estimate of drug-likeness (QED) is 0.892. The molecule has 0 saturated carbocycles. The Labute approximate surface area is 112 Å². The summed E-state index contributed by atoms with van der Waals surface area (Å²) in [6.07, 6.45) is 0. The lowest BCUT2D eigenvalue weighted by atomic mass is 9.98. The minimum Gasteiger partial charge on any atom is -0.315 e. The molecule has 0 amide bonds. The number of rotatable bonds is 2. The summed E-state index contributed by atoms with van der Waals surface area (Å²) in [5.74, 6) is 0.627. The van der Waals surface area contributed by atoms with Crippen LogP contribution in [0.4, 0.5) is 0 Å². The van der Waals surface area contributed by atoms with Gasteiger partial charge in [0.2, 0.25) is 0 Å². The topological polar surface area (TPSA) is 24.9 Å². The van der Waals surface area contributed by atoms with Gasteiger partial charge in [-0.3, -0.25) is 0 Å². The van der Waals surface area contributed by atoms with Crippen molar-refractivity contribution in [3.05, 3.63) is 39.9 Å². The summed E-state index contributed by atoms with van der Waals surface area (Å²) in [7, 11) is 0. The minimum absolute atomic E-state index is 0.627. The molecule has 0 aliphatic carbocycles. The van der Waals surface area contributed by atoms with Gasteiger partial charge in [-0.1, -0.05) is 12.1 Å². The molecule has 94 valence electrons. The molecule has 0 spiro atoms. The zero-order valence-corrected chi connectivity index (χ0v) is 11.9. The monoisotopic (exact) mass is 258 g/mol. The maximum atomic E-state index is 4.81. The molecule has 1 fully saturated rings. The number of hydrogen-bond donors (Lipinski definition) is 1. The van der Waals surface area contributed by atoms with Crippen LogP contribution in [0.5, 0.6) is 0 Å². The highest BCUT2D eigenvalue weighted by Gasteiger charge is 2.22. The van der Waals surface area contributed by atoms with Gasteiger partial charge in [0.15, 0.2) is 0 Å². The third-order valence-electron chi connectivity index (χ3n) is 4.01. The van der Waals surface area contributed by atoms with Crippen LogP contribution in [-0.2, 0) is 0 Å². The van der Waals surface area contributed by atoms with Gasteiger partial charge in [-0.2, -0.15) is 0 Å². The van der Waals surface area contributed by atoms with Crippen LogP contribution < -0.4 is 5.32 Å². The highest BCUT2D eigenvalue weighted by atomic mass is 32.1. The molecule has 1 aliphatic rings. The third kappa shape index (κ3) is 1.88. The van der Waals surface area contributed by atoms with Crippen LogP contribution in [0.2, 0.25) is 0 Å². The van der Waals surface area contributed by atoms with Crippen molar-refractivity contribution in [2.75, 3.05) is 13.1 Å². The van der Waals surface area contributed by atoms with Crippen molar-refractivity contribution in [1.82, 2.24) is 10.3 Å². The number of nitrogens with one attached hydrogen (secondary N) is 1. The van der Waals surface area contributed by atoms with E-state index in [-0.39, 0.29) is 0 Å². The largest absolute Gasteiger partial charge is 0.315 e. The minimum atomic E-state index is 0.627. The number of aryl methyl sites for hydroxylation is 1. The molecule has 1 aromatic carbocycles. The van der Waals surface area contributed by atoms with E-state index in [1.807, 2.05) is 0 Å². The average Bonchev–Trinajstić information content (AvgIpc) is 2.73. The van der Waals surface area contributed by atoms with Gasteiger partial charge in [-0.15, -0.1) is 11.3 Å². The van der Waals surface area contributed by atoms with Crippen molar-refractivity contribution in [1.29, 1.82) is 0 Å². The first kappa shape index (κ1) is 11.9. The van der Waals surface area contributed by atoms with Crippen LogP contribution in [0.25, 0.3) is 10.6 Å². The number of thiazole rings is 1. The zero-order valence-electron chi connectivity index (χ0n) is 11.1. The molecule has 3 rings (SSSR count). The van der Waals surface area contributed by atoms with Crippen LogP contribution in [-0.4, -0.2) is 18.1 Å². The van der Waals surface area contributed by atoms with Crippen molar-refractivity contribution in [2.45, 2.75) is 26.7 Å². The SMILES string of the molecule is Cc1ccc(-c2nc(C3CNC3)cs2)c(C)c1C. The second-order valence-corrected chi connectivity index (χ2v) is 5.97. The molecule has 0 bridgehead atoms. The summed E-state index contributed by atoms with van der Waals surface area (Å²) in [6.45, 7) is 8.71. The van der Waals surface area contributed by atoms with Gasteiger partial charge in [0.25, 0.3) is 0 Å². The van der Waals surface area contributed by atoms with Crippen LogP contribution in [0.1, 0.15) is 28.3 Å². The Morgan fingerprint density at radius 1 is 1.17 bits per heavy atom. The molecule has 18 heavy (non-hydrogen) atoms. The lowest BCUT2D eigenvalue weighted by Crippen LogP contribution is -2.40. The Morgan fingerprint density at radius 3 is 2.61 bits per heavy atom. The summed E-state index contributed by atoms with van der Waals surface area (Å²) in [6, 6.07) is 4.41. The fourth-order valence-electron chi connectivity index (χ4n) is 2.28. The summed E-state index contributed by atoms with van der Waals surface area (Å²) < 4.78 is 0. The van der Waals surface area contributed by atoms with Gasteiger partial charge in [0.05, 0.1) is 5.69 Å². The standard InChI is InChI=1S/C15H18N2S/c1-9-4-5-13(11(3)10(9)2)15-17-14(8-18-15)12-6-16-7-12/h4-5,8,12,16H,6-7H2,1-3H3. The molecule has 0 atom stereocenters. The van der Waals surface area contributed by atoms with E-state index >= 15 is 0 Å². The van der Waals surface area contributed by atoms with E-state index in [1.165, 1.54) is 27.9 Å². The first-order valence-corrected chi connectivity index (χ1v) is 7.28.